The quantitative estimate of drug-likeness (QED) is 0.169. The summed E-state index contributed by atoms with van der Waals surface area (Å²) < 4.78 is 24.8. The number of benzene rings is 4. The molecule has 3 atom stereocenters. The standard InChI is InChI=1S/C37H41ClO5.C2H6/c1-36(2,39)37(26-40-3)23-33(42-25-29-12-8-5-9-13-29)22-35(43-37)30-16-19-34(38)31(21-30)20-27-14-17-32(18-15-27)41-24-28-10-6-4-7-11-28;1-2/h4-19,21,33,35,39H,20,22-26H2,1-3H3;1-2H3/t33?,35?,37-;/m1./s1. The van der Waals surface area contributed by atoms with Crippen LogP contribution in [0, 0.1) is 0 Å². The Balaban J connectivity index is 0.00000226. The second kappa shape index (κ2) is 16.4. The van der Waals surface area contributed by atoms with Gasteiger partial charge in [0.25, 0.3) is 0 Å². The number of ether oxygens (including phenoxy) is 4. The Bertz CT molecular complexity index is 1440. The van der Waals surface area contributed by atoms with E-state index in [2.05, 4.69) is 42.5 Å². The number of aliphatic hydroxyl groups is 1. The van der Waals surface area contributed by atoms with E-state index < -0.39 is 11.2 Å². The van der Waals surface area contributed by atoms with Crippen molar-refractivity contribution in [2.24, 2.45) is 0 Å². The minimum Gasteiger partial charge on any atom is -0.489 e. The van der Waals surface area contributed by atoms with Crippen molar-refractivity contribution in [3.05, 3.63) is 136 Å². The lowest BCUT2D eigenvalue weighted by Gasteiger charge is -2.50. The van der Waals surface area contributed by atoms with Crippen molar-refractivity contribution in [2.75, 3.05) is 13.7 Å². The van der Waals surface area contributed by atoms with Crippen LogP contribution in [0.4, 0.5) is 0 Å². The maximum Gasteiger partial charge on any atom is 0.123 e. The molecule has 45 heavy (non-hydrogen) atoms. The van der Waals surface area contributed by atoms with Crippen LogP contribution in [0.5, 0.6) is 5.75 Å². The highest BCUT2D eigenvalue weighted by molar-refractivity contribution is 6.31. The summed E-state index contributed by atoms with van der Waals surface area (Å²) in [6.45, 7) is 8.83. The first kappa shape index (κ1) is 34.7. The first-order valence-electron chi connectivity index (χ1n) is 15.8. The molecule has 1 fully saturated rings. The fourth-order valence-corrected chi connectivity index (χ4v) is 5.85. The van der Waals surface area contributed by atoms with Crippen LogP contribution in [0.25, 0.3) is 0 Å². The maximum atomic E-state index is 11.3. The van der Waals surface area contributed by atoms with Crippen LogP contribution in [-0.2, 0) is 33.8 Å². The third kappa shape index (κ3) is 9.41. The number of halogens is 1. The molecule has 1 heterocycles. The molecule has 240 valence electrons. The van der Waals surface area contributed by atoms with Gasteiger partial charge < -0.3 is 24.1 Å². The van der Waals surface area contributed by atoms with E-state index in [0.29, 0.717) is 37.5 Å². The molecule has 0 amide bonds. The molecule has 5 nitrogen and oxygen atoms in total. The fraction of sp³-hybridized carbons (Fsp3) is 0.385. The fourth-order valence-electron chi connectivity index (χ4n) is 5.67. The summed E-state index contributed by atoms with van der Waals surface area (Å²) in [4.78, 5) is 0. The lowest BCUT2D eigenvalue weighted by atomic mass is 9.77. The highest BCUT2D eigenvalue weighted by Gasteiger charge is 2.52. The molecule has 0 saturated carbocycles. The predicted molar refractivity (Wildman–Crippen MR) is 182 cm³/mol. The van der Waals surface area contributed by atoms with Crippen molar-refractivity contribution in [2.45, 2.75) is 83.6 Å². The molecule has 0 spiro atoms. The van der Waals surface area contributed by atoms with Gasteiger partial charge in [0, 0.05) is 25.0 Å². The summed E-state index contributed by atoms with van der Waals surface area (Å²) in [6, 6.07) is 34.5. The minimum absolute atomic E-state index is 0.136. The largest absolute Gasteiger partial charge is 0.489 e. The molecule has 1 aliphatic rings. The van der Waals surface area contributed by atoms with Gasteiger partial charge in [-0.1, -0.05) is 110 Å². The first-order valence-corrected chi connectivity index (χ1v) is 16.2. The molecule has 0 aliphatic carbocycles. The van der Waals surface area contributed by atoms with E-state index in [9.17, 15) is 5.11 Å². The monoisotopic (exact) mass is 630 g/mol. The molecule has 0 bridgehead atoms. The summed E-state index contributed by atoms with van der Waals surface area (Å²) in [6.07, 6.45) is 1.40. The van der Waals surface area contributed by atoms with Crippen LogP contribution < -0.4 is 4.74 Å². The maximum absolute atomic E-state index is 11.3. The van der Waals surface area contributed by atoms with E-state index in [-0.39, 0.29) is 18.8 Å². The van der Waals surface area contributed by atoms with Crippen molar-refractivity contribution in [1.29, 1.82) is 0 Å². The van der Waals surface area contributed by atoms with E-state index in [1.807, 2.05) is 74.5 Å². The molecule has 4 aromatic carbocycles. The van der Waals surface area contributed by atoms with Gasteiger partial charge in [0.15, 0.2) is 0 Å². The van der Waals surface area contributed by atoms with Gasteiger partial charge in [-0.3, -0.25) is 0 Å². The van der Waals surface area contributed by atoms with Crippen LogP contribution in [0.15, 0.2) is 103 Å². The Hall–Kier alpha value is -3.19. The van der Waals surface area contributed by atoms with Gasteiger partial charge in [-0.25, -0.2) is 0 Å². The van der Waals surface area contributed by atoms with Crippen LogP contribution in [0.1, 0.15) is 74.5 Å². The molecule has 5 rings (SSSR count). The lowest BCUT2D eigenvalue weighted by Crippen LogP contribution is -2.60. The van der Waals surface area contributed by atoms with Gasteiger partial charge in [0.1, 0.15) is 18.0 Å². The third-order valence-electron chi connectivity index (χ3n) is 8.23. The molecular formula is C39H47ClO5. The summed E-state index contributed by atoms with van der Waals surface area (Å²) in [7, 11) is 1.64. The van der Waals surface area contributed by atoms with E-state index in [0.717, 1.165) is 33.6 Å². The zero-order valence-corrected chi connectivity index (χ0v) is 27.9. The first-order chi connectivity index (χ1) is 21.7. The van der Waals surface area contributed by atoms with E-state index in [1.165, 1.54) is 0 Å². The molecule has 6 heteroatoms. The molecule has 1 aliphatic heterocycles. The van der Waals surface area contributed by atoms with Gasteiger partial charge in [0.05, 0.1) is 31.0 Å². The number of methoxy groups -OCH3 is 1. The molecular weight excluding hydrogens is 584 g/mol. The zero-order valence-electron chi connectivity index (χ0n) is 27.2. The second-order valence-electron chi connectivity index (χ2n) is 11.9. The number of hydrogen-bond donors (Lipinski definition) is 1. The molecule has 4 aromatic rings. The van der Waals surface area contributed by atoms with Crippen molar-refractivity contribution >= 4 is 11.6 Å². The van der Waals surface area contributed by atoms with Gasteiger partial charge in [0.2, 0.25) is 0 Å². The van der Waals surface area contributed by atoms with Crippen LogP contribution >= 0.6 is 11.6 Å². The van der Waals surface area contributed by atoms with E-state index in [4.69, 9.17) is 30.5 Å². The smallest absolute Gasteiger partial charge is 0.123 e. The Kier molecular flexibility index (Phi) is 12.6. The van der Waals surface area contributed by atoms with Gasteiger partial charge in [-0.2, -0.15) is 0 Å². The van der Waals surface area contributed by atoms with Crippen molar-refractivity contribution < 1.29 is 24.1 Å². The van der Waals surface area contributed by atoms with Gasteiger partial charge in [-0.15, -0.1) is 0 Å². The SMILES string of the molecule is CC.COC[C@@]1(C(C)(C)O)CC(OCc2ccccc2)CC(c2ccc(Cl)c(Cc3ccc(OCc4ccccc4)cc3)c2)O1. The van der Waals surface area contributed by atoms with Crippen molar-refractivity contribution in [1.82, 2.24) is 0 Å². The summed E-state index contributed by atoms with van der Waals surface area (Å²) in [5, 5.41) is 12.0. The van der Waals surface area contributed by atoms with Crippen LogP contribution in [0.2, 0.25) is 5.02 Å². The third-order valence-corrected chi connectivity index (χ3v) is 8.60. The van der Waals surface area contributed by atoms with E-state index >= 15 is 0 Å². The molecule has 2 unspecified atom stereocenters. The molecule has 0 radical (unpaired) electrons. The van der Waals surface area contributed by atoms with Crippen molar-refractivity contribution in [3.8, 4) is 5.75 Å². The Labute approximate surface area is 274 Å². The normalized spacial score (nSPS) is 19.8. The van der Waals surface area contributed by atoms with Crippen LogP contribution in [-0.4, -0.2) is 36.1 Å². The van der Waals surface area contributed by atoms with Crippen LogP contribution in [0.3, 0.4) is 0 Å². The number of hydrogen-bond acceptors (Lipinski definition) is 5. The molecule has 1 N–H and O–H groups in total. The number of rotatable bonds is 12. The Morgan fingerprint density at radius 2 is 1.47 bits per heavy atom. The summed E-state index contributed by atoms with van der Waals surface area (Å²) in [5.41, 5.74) is 3.28. The highest BCUT2D eigenvalue weighted by Crippen LogP contribution is 2.45. The minimum atomic E-state index is -1.16. The van der Waals surface area contributed by atoms with Gasteiger partial charge in [-0.05, 0) is 66.3 Å². The predicted octanol–water partition coefficient (Wildman–Crippen LogP) is 9.13. The average Bonchev–Trinajstić information content (AvgIpc) is 3.06. The second-order valence-corrected chi connectivity index (χ2v) is 12.3. The average molecular weight is 631 g/mol. The Morgan fingerprint density at radius 1 is 0.844 bits per heavy atom. The molecule has 1 saturated heterocycles. The van der Waals surface area contributed by atoms with E-state index in [1.54, 1.807) is 21.0 Å². The van der Waals surface area contributed by atoms with Gasteiger partial charge >= 0.3 is 0 Å². The summed E-state index contributed by atoms with van der Waals surface area (Å²) >= 11 is 6.71. The lowest BCUT2D eigenvalue weighted by molar-refractivity contribution is -0.260. The highest BCUT2D eigenvalue weighted by atomic mass is 35.5. The van der Waals surface area contributed by atoms with Crippen molar-refractivity contribution in [3.63, 3.8) is 0 Å². The Morgan fingerprint density at radius 3 is 2.07 bits per heavy atom. The zero-order chi connectivity index (χ0) is 32.3. The topological polar surface area (TPSA) is 57.2 Å². The summed E-state index contributed by atoms with van der Waals surface area (Å²) in [5.74, 6) is 0.825. The molecule has 0 aromatic heterocycles.